The predicted molar refractivity (Wildman–Crippen MR) is 192 cm³/mol. The molecule has 1 aliphatic heterocycles. The number of hydrogen-bond acceptors (Lipinski definition) is 6. The Kier molecular flexibility index (Phi) is 14.2. The lowest BCUT2D eigenvalue weighted by molar-refractivity contribution is -0.276. The molecule has 1 saturated heterocycles. The summed E-state index contributed by atoms with van der Waals surface area (Å²) < 4.78 is 34.6. The SMILES string of the molecule is CC(C)[Si](O[C@@H]1C[C@H](OCc2ccccc2)[C@@H](COCc2ccccc2)O[C@@]1(C)[C@@H](CCO)OCc1ccccc1)(C(C)C)C(C)C. The maximum absolute atomic E-state index is 10.3. The first-order valence-corrected chi connectivity index (χ1v) is 19.6. The van der Waals surface area contributed by atoms with E-state index in [1.54, 1.807) is 0 Å². The minimum atomic E-state index is -2.35. The van der Waals surface area contributed by atoms with Gasteiger partial charge in [0.25, 0.3) is 0 Å². The fourth-order valence-corrected chi connectivity index (χ4v) is 13.2. The Morgan fingerprint density at radius 3 is 1.72 bits per heavy atom. The normalized spacial score (nSPS) is 22.7. The summed E-state index contributed by atoms with van der Waals surface area (Å²) in [6.07, 6.45) is -0.272. The Labute approximate surface area is 284 Å². The monoisotopic (exact) mass is 662 g/mol. The van der Waals surface area contributed by atoms with Crippen LogP contribution in [0.2, 0.25) is 16.6 Å². The van der Waals surface area contributed by atoms with Gasteiger partial charge in [0.1, 0.15) is 11.7 Å². The molecule has 0 bridgehead atoms. The van der Waals surface area contributed by atoms with E-state index in [1.165, 1.54) is 0 Å². The molecule has 3 aromatic carbocycles. The lowest BCUT2D eigenvalue weighted by atomic mass is 9.82. The maximum atomic E-state index is 10.3. The molecule has 4 rings (SSSR count). The molecule has 5 atom stereocenters. The summed E-state index contributed by atoms with van der Waals surface area (Å²) in [5.74, 6) is 0. The maximum Gasteiger partial charge on any atom is 0.200 e. The van der Waals surface area contributed by atoms with Crippen molar-refractivity contribution in [3.05, 3.63) is 108 Å². The molecular weight excluding hydrogens is 605 g/mol. The van der Waals surface area contributed by atoms with Crippen LogP contribution in [0.25, 0.3) is 0 Å². The molecular formula is C40H58O6Si. The van der Waals surface area contributed by atoms with Crippen molar-refractivity contribution in [2.75, 3.05) is 13.2 Å². The van der Waals surface area contributed by atoms with Gasteiger partial charge in [-0.2, -0.15) is 0 Å². The topological polar surface area (TPSA) is 66.4 Å². The molecule has 0 aliphatic carbocycles. The largest absolute Gasteiger partial charge is 0.410 e. The van der Waals surface area contributed by atoms with Gasteiger partial charge in [0.05, 0.1) is 44.7 Å². The lowest BCUT2D eigenvalue weighted by Gasteiger charge is -2.55. The van der Waals surface area contributed by atoms with Crippen LogP contribution >= 0.6 is 0 Å². The first kappa shape index (κ1) is 37.5. The molecule has 0 unspecified atom stereocenters. The zero-order valence-corrected chi connectivity index (χ0v) is 30.6. The van der Waals surface area contributed by atoms with Crippen LogP contribution in [0.3, 0.4) is 0 Å². The van der Waals surface area contributed by atoms with Crippen molar-refractivity contribution in [3.8, 4) is 0 Å². The van der Waals surface area contributed by atoms with E-state index >= 15 is 0 Å². The van der Waals surface area contributed by atoms with E-state index in [0.29, 0.717) is 55.9 Å². The second-order valence-electron chi connectivity index (χ2n) is 14.1. The van der Waals surface area contributed by atoms with Crippen molar-refractivity contribution in [3.63, 3.8) is 0 Å². The van der Waals surface area contributed by atoms with Crippen molar-refractivity contribution in [1.82, 2.24) is 0 Å². The minimum absolute atomic E-state index is 0.0185. The van der Waals surface area contributed by atoms with Gasteiger partial charge < -0.3 is 28.5 Å². The van der Waals surface area contributed by atoms with Crippen molar-refractivity contribution < 1.29 is 28.5 Å². The van der Waals surface area contributed by atoms with Crippen LogP contribution in [0.5, 0.6) is 0 Å². The van der Waals surface area contributed by atoms with E-state index in [-0.39, 0.29) is 24.9 Å². The molecule has 0 saturated carbocycles. The van der Waals surface area contributed by atoms with Crippen molar-refractivity contribution in [1.29, 1.82) is 0 Å². The predicted octanol–water partition coefficient (Wildman–Crippen LogP) is 8.86. The summed E-state index contributed by atoms with van der Waals surface area (Å²) >= 11 is 0. The second kappa shape index (κ2) is 17.9. The van der Waals surface area contributed by atoms with Crippen LogP contribution in [-0.2, 0) is 43.2 Å². The third-order valence-electron chi connectivity index (χ3n) is 9.98. The smallest absolute Gasteiger partial charge is 0.200 e. The summed E-state index contributed by atoms with van der Waals surface area (Å²) in [6, 6.07) is 30.7. The Balaban J connectivity index is 1.70. The Hall–Kier alpha value is -2.36. The molecule has 0 radical (unpaired) electrons. The van der Waals surface area contributed by atoms with Gasteiger partial charge >= 0.3 is 0 Å². The van der Waals surface area contributed by atoms with Crippen molar-refractivity contribution in [2.45, 2.75) is 128 Å². The van der Waals surface area contributed by atoms with E-state index < -0.39 is 20.0 Å². The van der Waals surface area contributed by atoms with Gasteiger partial charge in [-0.15, -0.1) is 0 Å². The van der Waals surface area contributed by atoms with E-state index in [4.69, 9.17) is 23.4 Å². The van der Waals surface area contributed by atoms with E-state index in [0.717, 1.165) is 16.7 Å². The van der Waals surface area contributed by atoms with Gasteiger partial charge in [-0.25, -0.2) is 0 Å². The standard InChI is InChI=1S/C40H58O6Si/c1-30(2)47(31(3)4,32(5)6)46-39-25-36(43-27-34-19-13-9-14-20-34)37(29-42-26-33-17-11-8-12-18-33)45-40(39,7)38(23-24-41)44-28-35-21-15-10-16-22-35/h8-22,30-32,36-39,41H,23-29H2,1-7H3/t36-,37+,38+,39+,40-/m0/s1. The Morgan fingerprint density at radius 2 is 1.23 bits per heavy atom. The molecule has 47 heavy (non-hydrogen) atoms. The highest BCUT2D eigenvalue weighted by atomic mass is 28.4. The fraction of sp³-hybridized carbons (Fsp3) is 0.550. The quantitative estimate of drug-likeness (QED) is 0.137. The molecule has 1 fully saturated rings. The molecule has 0 aromatic heterocycles. The van der Waals surface area contributed by atoms with Gasteiger partial charge in [-0.3, -0.25) is 0 Å². The third kappa shape index (κ3) is 9.63. The average Bonchev–Trinajstić information content (AvgIpc) is 3.06. The highest BCUT2D eigenvalue weighted by Crippen LogP contribution is 2.48. The molecule has 0 spiro atoms. The summed E-state index contributed by atoms with van der Waals surface area (Å²) in [7, 11) is -2.35. The average molecular weight is 663 g/mol. The molecule has 1 aliphatic rings. The lowest BCUT2D eigenvalue weighted by Crippen LogP contribution is -2.66. The Bertz CT molecular complexity index is 1270. The van der Waals surface area contributed by atoms with Gasteiger partial charge in [0.15, 0.2) is 0 Å². The van der Waals surface area contributed by atoms with E-state index in [1.807, 2.05) is 54.6 Å². The summed E-state index contributed by atoms with van der Waals surface area (Å²) in [5.41, 5.74) is 3.62. The molecule has 258 valence electrons. The molecule has 7 heteroatoms. The summed E-state index contributed by atoms with van der Waals surface area (Å²) in [5, 5.41) is 10.3. The molecule has 1 N–H and O–H groups in total. The molecule has 6 nitrogen and oxygen atoms in total. The summed E-state index contributed by atoms with van der Waals surface area (Å²) in [4.78, 5) is 0. The number of benzene rings is 3. The number of aliphatic hydroxyl groups excluding tert-OH is 1. The van der Waals surface area contributed by atoms with Gasteiger partial charge in [0.2, 0.25) is 8.32 Å². The van der Waals surface area contributed by atoms with Crippen LogP contribution in [0.1, 0.15) is 78.0 Å². The third-order valence-corrected chi connectivity index (χ3v) is 16.1. The van der Waals surface area contributed by atoms with Gasteiger partial charge in [-0.1, -0.05) is 133 Å². The fourth-order valence-electron chi connectivity index (χ4n) is 7.56. The van der Waals surface area contributed by atoms with Crippen LogP contribution in [0.15, 0.2) is 91.0 Å². The minimum Gasteiger partial charge on any atom is -0.410 e. The number of ether oxygens (including phenoxy) is 4. The second-order valence-corrected chi connectivity index (χ2v) is 19.5. The zero-order valence-electron chi connectivity index (χ0n) is 29.6. The van der Waals surface area contributed by atoms with Crippen LogP contribution in [0, 0.1) is 0 Å². The summed E-state index contributed by atoms with van der Waals surface area (Å²) in [6.45, 7) is 17.7. The first-order chi connectivity index (χ1) is 22.6. The van der Waals surface area contributed by atoms with Crippen LogP contribution in [0.4, 0.5) is 0 Å². The zero-order chi connectivity index (χ0) is 33.9. The highest BCUT2D eigenvalue weighted by molar-refractivity contribution is 6.77. The van der Waals surface area contributed by atoms with Crippen molar-refractivity contribution >= 4 is 8.32 Å². The van der Waals surface area contributed by atoms with Crippen LogP contribution in [-0.4, -0.2) is 56.7 Å². The van der Waals surface area contributed by atoms with Crippen LogP contribution < -0.4 is 0 Å². The van der Waals surface area contributed by atoms with Gasteiger partial charge in [0, 0.05) is 13.0 Å². The number of hydrogen-bond donors (Lipinski definition) is 1. The Morgan fingerprint density at radius 1 is 0.745 bits per heavy atom. The van der Waals surface area contributed by atoms with Gasteiger partial charge in [-0.05, 0) is 46.7 Å². The first-order valence-electron chi connectivity index (χ1n) is 17.5. The molecule has 0 amide bonds. The number of rotatable bonds is 18. The molecule has 3 aromatic rings. The van der Waals surface area contributed by atoms with E-state index in [9.17, 15) is 5.11 Å². The van der Waals surface area contributed by atoms with E-state index in [2.05, 4.69) is 84.9 Å². The highest BCUT2D eigenvalue weighted by Gasteiger charge is 2.56. The molecule has 1 heterocycles. The van der Waals surface area contributed by atoms with Crippen molar-refractivity contribution in [2.24, 2.45) is 0 Å². The number of aliphatic hydroxyl groups is 1.